The van der Waals surface area contributed by atoms with Crippen LogP contribution in [-0.4, -0.2) is 92.7 Å². The fourth-order valence-corrected chi connectivity index (χ4v) is 7.04. The lowest BCUT2D eigenvalue weighted by atomic mass is 9.58. The number of likely N-dealkylation sites (N-methyl/N-ethyl adjacent to an activating group) is 1. The van der Waals surface area contributed by atoms with E-state index in [1.165, 1.54) is 23.9 Å². The number of hydrogen-bond acceptors (Lipinski definition) is 9. The van der Waals surface area contributed by atoms with Crippen LogP contribution in [0.5, 0.6) is 5.75 Å². The number of amides is 1. The summed E-state index contributed by atoms with van der Waals surface area (Å²) in [5.74, 6) is -9.32. The molecule has 0 saturated carbocycles. The number of hydrogen-bond donors (Lipinski definition) is 5. The van der Waals surface area contributed by atoms with E-state index in [0.717, 1.165) is 6.07 Å². The Morgan fingerprint density at radius 2 is 1.88 bits per heavy atom. The maximum absolute atomic E-state index is 14.5. The molecule has 0 radical (unpaired) electrons. The van der Waals surface area contributed by atoms with Crippen LogP contribution in [0, 0.1) is 11.8 Å². The molecule has 222 valence electrons. The van der Waals surface area contributed by atoms with Gasteiger partial charge >= 0.3 is 6.18 Å². The third kappa shape index (κ3) is 4.22. The van der Waals surface area contributed by atoms with Gasteiger partial charge in [-0.1, -0.05) is 0 Å². The van der Waals surface area contributed by atoms with Crippen LogP contribution in [0.15, 0.2) is 28.7 Å². The first-order valence-corrected chi connectivity index (χ1v) is 13.0. The number of fused-ring (bicyclic) bond motifs is 3. The number of allylic oxidation sites excluding steroid dienone is 1. The van der Waals surface area contributed by atoms with E-state index >= 15 is 0 Å². The largest absolute Gasteiger partial charge is 0.510 e. The number of aromatic hydroxyl groups is 1. The van der Waals surface area contributed by atoms with Gasteiger partial charge in [-0.15, -0.1) is 0 Å². The molecule has 10 nitrogen and oxygen atoms in total. The Labute approximate surface area is 231 Å². The molecule has 1 aromatic carbocycles. The van der Waals surface area contributed by atoms with Crippen molar-refractivity contribution in [1.82, 2.24) is 9.80 Å². The third-order valence-electron chi connectivity index (χ3n) is 8.70. The fourth-order valence-electron chi connectivity index (χ4n) is 7.04. The molecule has 5 atom stereocenters. The predicted molar refractivity (Wildman–Crippen MR) is 133 cm³/mol. The number of carbonyl (C=O) groups excluding carboxylic acids is 3. The second-order valence-electron chi connectivity index (χ2n) is 11.4. The molecule has 6 N–H and O–H groups in total. The summed E-state index contributed by atoms with van der Waals surface area (Å²) in [5.41, 5.74) is -1.89. The summed E-state index contributed by atoms with van der Waals surface area (Å²) < 4.78 is 57.4. The van der Waals surface area contributed by atoms with Crippen LogP contribution >= 0.6 is 0 Å². The van der Waals surface area contributed by atoms with Crippen LogP contribution in [0.1, 0.15) is 39.9 Å². The zero-order valence-electron chi connectivity index (χ0n) is 22.1. The molecule has 1 heterocycles. The summed E-state index contributed by atoms with van der Waals surface area (Å²) >= 11 is 0. The molecule has 0 unspecified atom stereocenters. The number of ketones is 2. The van der Waals surface area contributed by atoms with Crippen LogP contribution in [0.3, 0.4) is 0 Å². The molecule has 1 amide bonds. The number of nitrogens with zero attached hydrogens (tertiary/aromatic N) is 2. The van der Waals surface area contributed by atoms with Gasteiger partial charge in [0.2, 0.25) is 5.78 Å². The zero-order valence-corrected chi connectivity index (χ0v) is 22.1. The molecule has 1 saturated heterocycles. The SMILES string of the molecule is CN(C)[C@@H]1C(O)=C(C(N)=O)C(=O)[C@@]2(O)C(O)=C3C(=O)c4c(O)cc(CN5CC[C@@H](F)C5)c(C(F)(F)F)c4C[C@H]3C[C@@H]12. The molecule has 0 aromatic heterocycles. The highest BCUT2D eigenvalue weighted by molar-refractivity contribution is 6.24. The molecule has 1 aliphatic heterocycles. The normalized spacial score (nSPS) is 30.5. The maximum Gasteiger partial charge on any atom is 0.417 e. The maximum atomic E-state index is 14.5. The van der Waals surface area contributed by atoms with Gasteiger partial charge in [-0.3, -0.25) is 24.2 Å². The summed E-state index contributed by atoms with van der Waals surface area (Å²) in [4.78, 5) is 41.9. The summed E-state index contributed by atoms with van der Waals surface area (Å²) in [5, 5.41) is 44.4. The van der Waals surface area contributed by atoms with E-state index in [-0.39, 0.29) is 38.0 Å². The molecule has 41 heavy (non-hydrogen) atoms. The number of carbonyl (C=O) groups is 3. The van der Waals surface area contributed by atoms with E-state index in [4.69, 9.17) is 5.73 Å². The number of phenolic OH excluding ortho intramolecular Hbond substituents is 1. The van der Waals surface area contributed by atoms with Crippen molar-refractivity contribution in [2.45, 2.75) is 49.8 Å². The predicted octanol–water partition coefficient (Wildman–Crippen LogP) is 1.68. The second-order valence-corrected chi connectivity index (χ2v) is 11.4. The number of halogens is 4. The van der Waals surface area contributed by atoms with Crippen LogP contribution in [0.2, 0.25) is 0 Å². The number of aliphatic hydroxyl groups is 3. The minimum absolute atomic E-state index is 0.0814. The number of benzene rings is 1. The van der Waals surface area contributed by atoms with Gasteiger partial charge in [0.15, 0.2) is 11.4 Å². The van der Waals surface area contributed by atoms with Crippen LogP contribution in [-0.2, 0) is 28.7 Å². The van der Waals surface area contributed by atoms with Gasteiger partial charge in [-0.05, 0) is 56.5 Å². The number of aliphatic hydroxyl groups excluding tert-OH is 2. The van der Waals surface area contributed by atoms with Gasteiger partial charge in [0.1, 0.15) is 29.0 Å². The van der Waals surface area contributed by atoms with Gasteiger partial charge in [-0.25, -0.2) is 4.39 Å². The summed E-state index contributed by atoms with van der Waals surface area (Å²) in [6.45, 7) is -0.192. The van der Waals surface area contributed by atoms with Crippen molar-refractivity contribution in [2.75, 3.05) is 27.2 Å². The summed E-state index contributed by atoms with van der Waals surface area (Å²) in [6.07, 6.45) is -6.86. The van der Waals surface area contributed by atoms with E-state index in [1.807, 2.05) is 0 Å². The Morgan fingerprint density at radius 3 is 2.41 bits per heavy atom. The topological polar surface area (TPSA) is 165 Å². The Bertz CT molecular complexity index is 1440. The standard InChI is InChI=1S/C27H29F4N3O7/c1-33(2)20-14-6-10-5-13-17(15(35)7-11(19(13)27(29,30)31)8-34-4-3-12(28)9-34)21(36)16(10)23(38)26(14,41)24(39)18(22(20)37)25(32)40/h7,10,12,14,20,35,37-38,41H,3-6,8-9H2,1-2H3,(H2,32,40)/t10-,12+,14-,20-,26-/m0/s1. The minimum atomic E-state index is -4.97. The number of nitrogens with two attached hydrogens (primary N) is 1. The average Bonchev–Trinajstić information content (AvgIpc) is 3.24. The van der Waals surface area contributed by atoms with E-state index in [2.05, 4.69) is 0 Å². The molecule has 5 rings (SSSR count). The lowest BCUT2D eigenvalue weighted by Crippen LogP contribution is -2.63. The van der Waals surface area contributed by atoms with Gasteiger partial charge in [0, 0.05) is 31.1 Å². The van der Waals surface area contributed by atoms with Crippen molar-refractivity contribution in [2.24, 2.45) is 17.6 Å². The lowest BCUT2D eigenvalue weighted by Gasteiger charge is -2.50. The van der Waals surface area contributed by atoms with Gasteiger partial charge in [0.05, 0.1) is 17.2 Å². The second kappa shape index (κ2) is 9.53. The van der Waals surface area contributed by atoms with Crippen molar-refractivity contribution >= 4 is 17.5 Å². The monoisotopic (exact) mass is 583 g/mol. The van der Waals surface area contributed by atoms with Crippen LogP contribution < -0.4 is 5.73 Å². The lowest BCUT2D eigenvalue weighted by molar-refractivity contribution is -0.148. The minimum Gasteiger partial charge on any atom is -0.510 e. The quantitative estimate of drug-likeness (QED) is 0.262. The van der Waals surface area contributed by atoms with Crippen LogP contribution in [0.4, 0.5) is 17.6 Å². The molecule has 0 spiro atoms. The number of phenols is 1. The third-order valence-corrected chi connectivity index (χ3v) is 8.70. The van der Waals surface area contributed by atoms with Gasteiger partial charge < -0.3 is 26.2 Å². The number of Topliss-reactive ketones (excluding diaryl/α,β-unsaturated/α-hetero) is 2. The van der Waals surface area contributed by atoms with Gasteiger partial charge in [0.25, 0.3) is 5.91 Å². The summed E-state index contributed by atoms with van der Waals surface area (Å²) in [6, 6.07) is -0.477. The first kappa shape index (κ1) is 29.0. The molecule has 1 fully saturated rings. The highest BCUT2D eigenvalue weighted by atomic mass is 19.4. The van der Waals surface area contributed by atoms with Crippen molar-refractivity contribution in [1.29, 1.82) is 0 Å². The first-order chi connectivity index (χ1) is 19.0. The zero-order chi connectivity index (χ0) is 30.3. The van der Waals surface area contributed by atoms with E-state index < -0.39 is 105 Å². The Balaban J connectivity index is 1.69. The Kier molecular flexibility index (Phi) is 6.74. The van der Waals surface area contributed by atoms with Crippen LogP contribution in [0.25, 0.3) is 0 Å². The molecular weight excluding hydrogens is 554 g/mol. The number of alkyl halides is 4. The number of rotatable bonds is 4. The molecule has 14 heteroatoms. The van der Waals surface area contributed by atoms with Gasteiger partial charge in [-0.2, -0.15) is 13.2 Å². The Hall–Kier alpha value is -3.49. The van der Waals surface area contributed by atoms with Crippen molar-refractivity contribution < 1.29 is 52.4 Å². The number of primary amides is 1. The average molecular weight is 584 g/mol. The molecular formula is C27H29F4N3O7. The summed E-state index contributed by atoms with van der Waals surface area (Å²) in [7, 11) is 2.89. The van der Waals surface area contributed by atoms with E-state index in [0.29, 0.717) is 0 Å². The smallest absolute Gasteiger partial charge is 0.417 e. The fraction of sp³-hybridized carbons (Fsp3) is 0.519. The molecule has 4 aliphatic rings. The van der Waals surface area contributed by atoms with E-state index in [9.17, 15) is 52.4 Å². The van der Waals surface area contributed by atoms with E-state index in [1.54, 1.807) is 0 Å². The van der Waals surface area contributed by atoms with Crippen molar-refractivity contribution in [3.05, 3.63) is 51.0 Å². The highest BCUT2D eigenvalue weighted by Crippen LogP contribution is 2.54. The van der Waals surface area contributed by atoms with Crippen molar-refractivity contribution in [3.8, 4) is 5.75 Å². The number of likely N-dealkylation sites (tertiary alicyclic amines) is 1. The van der Waals surface area contributed by atoms with Crippen molar-refractivity contribution in [3.63, 3.8) is 0 Å². The molecule has 3 aliphatic carbocycles. The molecule has 1 aromatic rings. The highest BCUT2D eigenvalue weighted by Gasteiger charge is 2.63. The Morgan fingerprint density at radius 1 is 1.22 bits per heavy atom. The first-order valence-electron chi connectivity index (χ1n) is 13.0. The molecule has 0 bridgehead atoms.